The van der Waals surface area contributed by atoms with Crippen molar-refractivity contribution in [3.05, 3.63) is 59.5 Å². The van der Waals surface area contributed by atoms with Crippen LogP contribution in [0.2, 0.25) is 0 Å². The third-order valence-electron chi connectivity index (χ3n) is 6.75. The van der Waals surface area contributed by atoms with Gasteiger partial charge in [0.25, 0.3) is 0 Å². The molecule has 1 saturated carbocycles. The highest BCUT2D eigenvalue weighted by atomic mass is 19.1. The van der Waals surface area contributed by atoms with E-state index in [0.717, 1.165) is 48.4 Å². The van der Waals surface area contributed by atoms with Crippen LogP contribution in [0.15, 0.2) is 42.6 Å². The molecule has 5 rings (SSSR count). The number of nitrogens with zero attached hydrogens (tertiary/aromatic N) is 5. The van der Waals surface area contributed by atoms with E-state index in [1.54, 1.807) is 12.1 Å². The second kappa shape index (κ2) is 8.38. The SMILES string of the molecule is Cc1cnn(C)c1-c1ccc(OCC2C[C@@H]3CN(Cc4ccccc4F)C[C@@H]3C2)nn1. The Morgan fingerprint density at radius 2 is 1.84 bits per heavy atom. The van der Waals surface area contributed by atoms with Crippen LogP contribution in [0.3, 0.4) is 0 Å². The van der Waals surface area contributed by atoms with Crippen molar-refractivity contribution in [3.8, 4) is 17.3 Å². The maximum absolute atomic E-state index is 13.9. The summed E-state index contributed by atoms with van der Waals surface area (Å²) in [4.78, 5) is 2.40. The van der Waals surface area contributed by atoms with Crippen molar-refractivity contribution in [2.75, 3.05) is 19.7 Å². The lowest BCUT2D eigenvalue weighted by atomic mass is 10.0. The highest BCUT2D eigenvalue weighted by molar-refractivity contribution is 5.58. The molecule has 7 heteroatoms. The monoisotopic (exact) mass is 421 g/mol. The van der Waals surface area contributed by atoms with E-state index in [4.69, 9.17) is 4.74 Å². The summed E-state index contributed by atoms with van der Waals surface area (Å²) >= 11 is 0. The fourth-order valence-corrected chi connectivity index (χ4v) is 5.30. The van der Waals surface area contributed by atoms with Crippen molar-refractivity contribution < 1.29 is 9.13 Å². The Kier molecular flexibility index (Phi) is 5.44. The van der Waals surface area contributed by atoms with Crippen LogP contribution in [-0.4, -0.2) is 44.6 Å². The van der Waals surface area contributed by atoms with E-state index in [1.807, 2.05) is 49.1 Å². The van der Waals surface area contributed by atoms with E-state index >= 15 is 0 Å². The standard InChI is InChI=1S/C24H28FN5O/c1-16-11-26-29(2)24(16)22-7-8-23(28-27-22)31-15-17-9-19-13-30(14-20(19)10-17)12-18-5-3-4-6-21(18)25/h3-8,11,17,19-20H,9-10,12-15H2,1-2H3/t17?,19-,20+. The van der Waals surface area contributed by atoms with E-state index in [-0.39, 0.29) is 5.82 Å². The average Bonchev–Trinajstić information content (AvgIpc) is 3.42. The molecule has 2 aliphatic rings. The fourth-order valence-electron chi connectivity index (χ4n) is 5.30. The van der Waals surface area contributed by atoms with Crippen molar-refractivity contribution in [3.63, 3.8) is 0 Å². The average molecular weight is 422 g/mol. The van der Waals surface area contributed by atoms with Gasteiger partial charge in [-0.05, 0) is 55.2 Å². The summed E-state index contributed by atoms with van der Waals surface area (Å²) < 4.78 is 21.7. The molecule has 0 spiro atoms. The van der Waals surface area contributed by atoms with Gasteiger partial charge < -0.3 is 4.74 Å². The number of fused-ring (bicyclic) bond motifs is 1. The Balaban J connectivity index is 1.12. The molecule has 6 nitrogen and oxygen atoms in total. The van der Waals surface area contributed by atoms with Crippen molar-refractivity contribution in [1.82, 2.24) is 24.9 Å². The van der Waals surface area contributed by atoms with Crippen LogP contribution in [0, 0.1) is 30.5 Å². The molecule has 0 N–H and O–H groups in total. The summed E-state index contributed by atoms with van der Waals surface area (Å²) in [6.45, 7) is 5.50. The summed E-state index contributed by atoms with van der Waals surface area (Å²) in [5.74, 6) is 2.38. The van der Waals surface area contributed by atoms with E-state index in [0.29, 0.717) is 36.8 Å². The highest BCUT2D eigenvalue weighted by Gasteiger charge is 2.41. The quantitative estimate of drug-likeness (QED) is 0.605. The zero-order chi connectivity index (χ0) is 21.4. The van der Waals surface area contributed by atoms with Crippen molar-refractivity contribution in [2.45, 2.75) is 26.3 Å². The molecule has 3 aromatic rings. The maximum atomic E-state index is 13.9. The smallest absolute Gasteiger partial charge is 0.233 e. The minimum Gasteiger partial charge on any atom is -0.476 e. The van der Waals surface area contributed by atoms with Crippen LogP contribution < -0.4 is 4.74 Å². The molecule has 2 fully saturated rings. The molecule has 162 valence electrons. The number of likely N-dealkylation sites (tertiary alicyclic amines) is 1. The van der Waals surface area contributed by atoms with E-state index in [9.17, 15) is 4.39 Å². The Bertz CT molecular complexity index is 1020. The van der Waals surface area contributed by atoms with Gasteiger partial charge in [0, 0.05) is 38.3 Å². The molecule has 31 heavy (non-hydrogen) atoms. The van der Waals surface area contributed by atoms with Gasteiger partial charge in [-0.25, -0.2) is 4.39 Å². The van der Waals surface area contributed by atoms with Crippen molar-refractivity contribution in [1.29, 1.82) is 0 Å². The Morgan fingerprint density at radius 3 is 2.48 bits per heavy atom. The molecule has 1 saturated heterocycles. The second-order valence-electron chi connectivity index (χ2n) is 9.01. The zero-order valence-electron chi connectivity index (χ0n) is 18.0. The summed E-state index contributed by atoms with van der Waals surface area (Å²) in [6, 6.07) is 10.9. The summed E-state index contributed by atoms with van der Waals surface area (Å²) in [5.41, 5.74) is 3.65. The topological polar surface area (TPSA) is 56.1 Å². The Hall–Kier alpha value is -2.80. The first-order valence-corrected chi connectivity index (χ1v) is 11.0. The van der Waals surface area contributed by atoms with Crippen LogP contribution >= 0.6 is 0 Å². The molecule has 1 aliphatic carbocycles. The lowest BCUT2D eigenvalue weighted by molar-refractivity contribution is 0.219. The molecule has 0 radical (unpaired) electrons. The summed E-state index contributed by atoms with van der Waals surface area (Å²) in [7, 11) is 1.91. The largest absolute Gasteiger partial charge is 0.476 e. The molecule has 1 aliphatic heterocycles. The van der Waals surface area contributed by atoms with Crippen LogP contribution in [0.4, 0.5) is 4.39 Å². The third-order valence-corrected chi connectivity index (χ3v) is 6.75. The van der Waals surface area contributed by atoms with Gasteiger partial charge in [-0.15, -0.1) is 10.2 Å². The van der Waals surface area contributed by atoms with Gasteiger partial charge in [0.2, 0.25) is 5.88 Å². The minimum atomic E-state index is -0.100. The highest BCUT2D eigenvalue weighted by Crippen LogP contribution is 2.42. The number of aryl methyl sites for hydroxylation is 2. The number of hydrogen-bond donors (Lipinski definition) is 0. The number of rotatable bonds is 6. The van der Waals surface area contributed by atoms with Gasteiger partial charge in [-0.3, -0.25) is 9.58 Å². The molecule has 1 unspecified atom stereocenters. The first-order chi connectivity index (χ1) is 15.1. The lowest BCUT2D eigenvalue weighted by Crippen LogP contribution is -2.23. The van der Waals surface area contributed by atoms with Gasteiger partial charge in [-0.1, -0.05) is 18.2 Å². The Morgan fingerprint density at radius 1 is 1.06 bits per heavy atom. The summed E-state index contributed by atoms with van der Waals surface area (Å²) in [5, 5.41) is 12.8. The van der Waals surface area contributed by atoms with Crippen molar-refractivity contribution >= 4 is 0 Å². The molecule has 3 atom stereocenters. The van der Waals surface area contributed by atoms with Gasteiger partial charge in [0.1, 0.15) is 11.5 Å². The molecule has 0 amide bonds. The van der Waals surface area contributed by atoms with E-state index in [1.165, 1.54) is 0 Å². The number of ether oxygens (including phenoxy) is 1. The third kappa shape index (κ3) is 4.19. The van der Waals surface area contributed by atoms with Gasteiger partial charge >= 0.3 is 0 Å². The van der Waals surface area contributed by atoms with Gasteiger partial charge in [0.15, 0.2) is 0 Å². The second-order valence-corrected chi connectivity index (χ2v) is 9.01. The molecular formula is C24H28FN5O. The van der Waals surface area contributed by atoms with Crippen LogP contribution in [0.5, 0.6) is 5.88 Å². The molecule has 1 aromatic carbocycles. The zero-order valence-corrected chi connectivity index (χ0v) is 18.0. The molecule has 0 bridgehead atoms. The fraction of sp³-hybridized carbons (Fsp3) is 0.458. The minimum absolute atomic E-state index is 0.100. The van der Waals surface area contributed by atoms with Crippen LogP contribution in [-0.2, 0) is 13.6 Å². The molecule has 2 aromatic heterocycles. The normalized spacial score (nSPS) is 23.3. The molecule has 3 heterocycles. The van der Waals surface area contributed by atoms with E-state index in [2.05, 4.69) is 20.2 Å². The number of aromatic nitrogens is 4. The Labute approximate surface area is 182 Å². The number of halogens is 1. The predicted octanol–water partition coefficient (Wildman–Crippen LogP) is 3.86. The van der Waals surface area contributed by atoms with Gasteiger partial charge in [0.05, 0.1) is 18.5 Å². The first kappa shape index (κ1) is 20.1. The van der Waals surface area contributed by atoms with Crippen LogP contribution in [0.25, 0.3) is 11.4 Å². The summed E-state index contributed by atoms with van der Waals surface area (Å²) in [6.07, 6.45) is 4.16. The van der Waals surface area contributed by atoms with Gasteiger partial charge in [-0.2, -0.15) is 5.10 Å². The van der Waals surface area contributed by atoms with Crippen molar-refractivity contribution in [2.24, 2.45) is 24.8 Å². The first-order valence-electron chi connectivity index (χ1n) is 11.0. The predicted molar refractivity (Wildman–Crippen MR) is 116 cm³/mol. The van der Waals surface area contributed by atoms with E-state index < -0.39 is 0 Å². The van der Waals surface area contributed by atoms with Crippen LogP contribution in [0.1, 0.15) is 24.0 Å². The number of benzene rings is 1. The molecular weight excluding hydrogens is 393 g/mol. The lowest BCUT2D eigenvalue weighted by Gasteiger charge is -2.19. The number of hydrogen-bond acceptors (Lipinski definition) is 5. The maximum Gasteiger partial charge on any atom is 0.233 e.